The molecule has 3 nitrogen and oxygen atoms in total. The van der Waals surface area contributed by atoms with Crippen LogP contribution in [0.4, 0.5) is 0 Å². The molecule has 0 rings (SSSR count). The maximum atomic E-state index is 6.54. The second kappa shape index (κ2) is 5.08. The SMILES string of the molecule is [C-]#[N+]C(=C/C=C/N(C)C)[N+]#[C-]. The molecule has 0 saturated carbocycles. The quantitative estimate of drug-likeness (QED) is 0.428. The maximum absolute atomic E-state index is 6.54. The zero-order chi connectivity index (χ0) is 8.69. The molecule has 0 unspecified atom stereocenters. The largest absolute Gasteiger partial charge is 0.519 e. The summed E-state index contributed by atoms with van der Waals surface area (Å²) in [5, 5.41) is 0. The van der Waals surface area contributed by atoms with Crippen LogP contribution in [0, 0.1) is 13.1 Å². The molecule has 0 bridgehead atoms. The van der Waals surface area contributed by atoms with Crippen LogP contribution >= 0.6 is 0 Å². The number of nitrogens with zero attached hydrogens (tertiary/aromatic N) is 3. The monoisotopic (exact) mass is 147 g/mol. The van der Waals surface area contributed by atoms with Crippen molar-refractivity contribution < 1.29 is 0 Å². The third-order valence-electron chi connectivity index (χ3n) is 0.859. The topological polar surface area (TPSA) is 12.0 Å². The Morgan fingerprint density at radius 3 is 2.18 bits per heavy atom. The van der Waals surface area contributed by atoms with Gasteiger partial charge >= 0.3 is 5.82 Å². The van der Waals surface area contributed by atoms with E-state index >= 15 is 0 Å². The average molecular weight is 147 g/mol. The second-order valence-electron chi connectivity index (χ2n) is 2.05. The molecule has 0 aliphatic heterocycles. The van der Waals surface area contributed by atoms with Gasteiger partial charge in [-0.2, -0.15) is 9.69 Å². The Morgan fingerprint density at radius 2 is 1.82 bits per heavy atom. The van der Waals surface area contributed by atoms with Crippen LogP contribution in [-0.2, 0) is 0 Å². The van der Waals surface area contributed by atoms with Gasteiger partial charge in [0.25, 0.3) is 0 Å². The fourth-order valence-electron chi connectivity index (χ4n) is 0.401. The van der Waals surface area contributed by atoms with Crippen molar-refractivity contribution in [1.29, 1.82) is 0 Å². The van der Waals surface area contributed by atoms with Crippen molar-refractivity contribution in [2.24, 2.45) is 0 Å². The lowest BCUT2D eigenvalue weighted by Crippen LogP contribution is -1.99. The van der Waals surface area contributed by atoms with Gasteiger partial charge in [0.2, 0.25) is 0 Å². The van der Waals surface area contributed by atoms with Crippen molar-refractivity contribution in [3.8, 4) is 0 Å². The molecule has 0 aromatic carbocycles. The number of rotatable bonds is 2. The smallest absolute Gasteiger partial charge is 0.384 e. The summed E-state index contributed by atoms with van der Waals surface area (Å²) in [5.41, 5.74) is 0. The van der Waals surface area contributed by atoms with E-state index in [0.717, 1.165) is 0 Å². The van der Waals surface area contributed by atoms with E-state index in [9.17, 15) is 0 Å². The van der Waals surface area contributed by atoms with Crippen LogP contribution in [0.3, 0.4) is 0 Å². The second-order valence-corrected chi connectivity index (χ2v) is 2.05. The van der Waals surface area contributed by atoms with Crippen LogP contribution in [0.1, 0.15) is 0 Å². The highest BCUT2D eigenvalue weighted by molar-refractivity contribution is 5.22. The third kappa shape index (κ3) is 4.74. The molecule has 0 N–H and O–H groups in total. The molecule has 0 amide bonds. The molecule has 0 spiro atoms. The van der Waals surface area contributed by atoms with E-state index in [0.29, 0.717) is 0 Å². The van der Waals surface area contributed by atoms with Crippen LogP contribution in [0.5, 0.6) is 0 Å². The van der Waals surface area contributed by atoms with Crippen molar-refractivity contribution in [3.63, 3.8) is 0 Å². The Morgan fingerprint density at radius 1 is 1.27 bits per heavy atom. The molecule has 0 atom stereocenters. The predicted molar refractivity (Wildman–Crippen MR) is 44.1 cm³/mol. The number of hydrogen-bond acceptors (Lipinski definition) is 1. The third-order valence-corrected chi connectivity index (χ3v) is 0.859. The van der Waals surface area contributed by atoms with Gasteiger partial charge in [-0.1, -0.05) is 0 Å². The van der Waals surface area contributed by atoms with Gasteiger partial charge in [0, 0.05) is 20.2 Å². The standard InChI is InChI=1S/C8H9N3/c1-9-8(10-2)6-5-7-11(3)4/h5-7H,3-4H3/b7-5+. The predicted octanol–water partition coefficient (Wildman–Crippen LogP) is 1.74. The summed E-state index contributed by atoms with van der Waals surface area (Å²) in [5.74, 6) is 0.0862. The lowest BCUT2D eigenvalue weighted by atomic mass is 10.5. The lowest BCUT2D eigenvalue weighted by molar-refractivity contribution is 0.564. The van der Waals surface area contributed by atoms with Gasteiger partial charge in [0.15, 0.2) is 0 Å². The minimum absolute atomic E-state index is 0.0862. The lowest BCUT2D eigenvalue weighted by Gasteiger charge is -2.00. The van der Waals surface area contributed by atoms with Gasteiger partial charge in [-0.25, -0.2) is 0 Å². The van der Waals surface area contributed by atoms with Gasteiger partial charge in [-0.15, -0.1) is 0 Å². The molecular weight excluding hydrogens is 138 g/mol. The first-order valence-corrected chi connectivity index (χ1v) is 3.00. The minimum atomic E-state index is 0.0862. The summed E-state index contributed by atoms with van der Waals surface area (Å²) < 4.78 is 0. The molecule has 3 heteroatoms. The fourth-order valence-corrected chi connectivity index (χ4v) is 0.401. The Hall–Kier alpha value is -1.74. The summed E-state index contributed by atoms with van der Waals surface area (Å²) in [7, 11) is 3.75. The molecule has 11 heavy (non-hydrogen) atoms. The molecule has 0 heterocycles. The van der Waals surface area contributed by atoms with E-state index in [2.05, 4.69) is 9.69 Å². The van der Waals surface area contributed by atoms with E-state index in [1.54, 1.807) is 12.3 Å². The van der Waals surface area contributed by atoms with Crippen LogP contribution in [0.2, 0.25) is 0 Å². The highest BCUT2D eigenvalue weighted by Crippen LogP contribution is 1.97. The number of allylic oxidation sites excluding steroid dienone is 2. The summed E-state index contributed by atoms with van der Waals surface area (Å²) >= 11 is 0. The van der Waals surface area contributed by atoms with Gasteiger partial charge in [-0.05, 0) is 12.3 Å². The van der Waals surface area contributed by atoms with Crippen LogP contribution in [0.15, 0.2) is 24.2 Å². The molecule has 0 aliphatic rings. The molecule has 0 aromatic heterocycles. The normalized spacial score (nSPS) is 8.36. The van der Waals surface area contributed by atoms with Gasteiger partial charge in [-0.3, -0.25) is 0 Å². The van der Waals surface area contributed by atoms with E-state index in [1.807, 2.05) is 19.0 Å². The first-order valence-electron chi connectivity index (χ1n) is 3.00. The van der Waals surface area contributed by atoms with E-state index in [4.69, 9.17) is 13.1 Å². The maximum Gasteiger partial charge on any atom is 0.519 e. The molecule has 0 saturated heterocycles. The Kier molecular flexibility index (Phi) is 4.27. The zero-order valence-electron chi connectivity index (χ0n) is 6.57. The summed E-state index contributed by atoms with van der Waals surface area (Å²) in [6.45, 7) is 13.1. The van der Waals surface area contributed by atoms with E-state index < -0.39 is 0 Å². The molecule has 0 aliphatic carbocycles. The van der Waals surface area contributed by atoms with Crippen LogP contribution in [-0.4, -0.2) is 19.0 Å². The van der Waals surface area contributed by atoms with Crippen molar-refractivity contribution in [3.05, 3.63) is 47.0 Å². The highest BCUT2D eigenvalue weighted by atomic mass is 15.0. The summed E-state index contributed by atoms with van der Waals surface area (Å²) in [4.78, 5) is 7.82. The molecule has 0 radical (unpaired) electrons. The molecular formula is C8H9N3. The van der Waals surface area contributed by atoms with Crippen LogP contribution in [0.25, 0.3) is 9.69 Å². The number of hydrogen-bond donors (Lipinski definition) is 0. The fraction of sp³-hybridized carbons (Fsp3) is 0.250. The summed E-state index contributed by atoms with van der Waals surface area (Å²) in [6.07, 6.45) is 4.93. The van der Waals surface area contributed by atoms with Crippen molar-refractivity contribution in [1.82, 2.24) is 4.90 Å². The molecule has 0 fully saturated rings. The average Bonchev–Trinajstić information content (AvgIpc) is 1.98. The Balaban J connectivity index is 4.15. The minimum Gasteiger partial charge on any atom is -0.384 e. The first kappa shape index (κ1) is 9.26. The highest BCUT2D eigenvalue weighted by Gasteiger charge is 1.95. The van der Waals surface area contributed by atoms with Crippen LogP contribution < -0.4 is 0 Å². The zero-order valence-corrected chi connectivity index (χ0v) is 6.57. The van der Waals surface area contributed by atoms with Crippen molar-refractivity contribution in [2.75, 3.05) is 14.1 Å². The van der Waals surface area contributed by atoms with Crippen molar-refractivity contribution >= 4 is 0 Å². The van der Waals surface area contributed by atoms with Gasteiger partial charge < -0.3 is 4.90 Å². The molecule has 0 aromatic rings. The Bertz CT molecular complexity index is 231. The summed E-state index contributed by atoms with van der Waals surface area (Å²) in [6, 6.07) is 0. The molecule has 56 valence electrons. The van der Waals surface area contributed by atoms with Gasteiger partial charge in [0.05, 0.1) is 0 Å². The van der Waals surface area contributed by atoms with Crippen molar-refractivity contribution in [2.45, 2.75) is 0 Å². The van der Waals surface area contributed by atoms with Gasteiger partial charge in [0.1, 0.15) is 13.1 Å². The first-order chi connectivity index (χ1) is 5.20. The Labute approximate surface area is 66.9 Å². The van der Waals surface area contributed by atoms with E-state index in [1.165, 1.54) is 6.08 Å². The van der Waals surface area contributed by atoms with E-state index in [-0.39, 0.29) is 5.82 Å².